The van der Waals surface area contributed by atoms with Gasteiger partial charge in [0.2, 0.25) is 0 Å². The van der Waals surface area contributed by atoms with Crippen molar-refractivity contribution < 1.29 is 98.9 Å². The van der Waals surface area contributed by atoms with Gasteiger partial charge in [-0.25, -0.2) is 5.48 Å². The van der Waals surface area contributed by atoms with Crippen LogP contribution in [0.1, 0.15) is 65.5 Å². The van der Waals surface area contributed by atoms with E-state index in [-0.39, 0.29) is 18.3 Å². The molecule has 0 saturated heterocycles. The Balaban J connectivity index is 3.16. The monoisotopic (exact) mass is 869 g/mol. The third kappa shape index (κ3) is 9.87. The summed E-state index contributed by atoms with van der Waals surface area (Å²) in [6.07, 6.45) is -7.95. The van der Waals surface area contributed by atoms with Crippen LogP contribution in [0, 0.1) is 5.92 Å². The van der Waals surface area contributed by atoms with Crippen LogP contribution < -0.4 is 10.2 Å². The van der Waals surface area contributed by atoms with Gasteiger partial charge in [-0.2, -0.15) is 74.6 Å². The van der Waals surface area contributed by atoms with Gasteiger partial charge in [0.15, 0.2) is 8.32 Å². The summed E-state index contributed by atoms with van der Waals surface area (Å²) < 4.78 is 245. The Hall–Kier alpha value is -2.86. The Morgan fingerprint density at radius 1 is 0.714 bits per heavy atom. The molecule has 1 rings (SSSR count). The fourth-order valence-corrected chi connectivity index (χ4v) is 10.0. The quantitative estimate of drug-likeness (QED) is 0.0270. The Kier molecular flexibility index (Phi) is 16.4. The fourth-order valence-electron chi connectivity index (χ4n) is 5.58. The number of nitrogens with one attached hydrogen (secondary N) is 1. The van der Waals surface area contributed by atoms with E-state index >= 15 is 0 Å². The molecule has 0 fully saturated rings. The summed E-state index contributed by atoms with van der Waals surface area (Å²) in [5, 5.41) is 19.1. The van der Waals surface area contributed by atoms with Crippen LogP contribution in [0.3, 0.4) is 0 Å². The summed E-state index contributed by atoms with van der Waals surface area (Å²) in [7, 11) is -3.94. The van der Waals surface area contributed by atoms with Crippen molar-refractivity contribution in [2.45, 2.75) is 125 Å². The fraction of sp³-hybridized carbons (Fsp3) is 0.719. The number of hydrogen-bond donors (Lipinski definition) is 3. The lowest BCUT2D eigenvalue weighted by Gasteiger charge is -2.44. The zero-order chi connectivity index (χ0) is 44.1. The average molecular weight is 870 g/mol. The Bertz CT molecular complexity index is 1450. The van der Waals surface area contributed by atoms with Crippen molar-refractivity contribution in [1.29, 1.82) is 0 Å². The van der Waals surface area contributed by atoms with Gasteiger partial charge in [0, 0.05) is 12.5 Å². The number of allylic oxidation sites excluding steroid dienone is 1. The number of hydrogen-bond acceptors (Lipinski definition) is 5. The molecule has 326 valence electrons. The first-order chi connectivity index (χ1) is 25.1. The van der Waals surface area contributed by atoms with Crippen LogP contribution in [0.15, 0.2) is 36.4 Å². The van der Waals surface area contributed by atoms with Crippen LogP contribution in [0.2, 0.25) is 17.1 Å². The first-order valence-electron chi connectivity index (χ1n) is 16.4. The van der Waals surface area contributed by atoms with E-state index < -0.39 is 98.1 Å². The molecule has 0 radical (unpaired) electrons. The summed E-state index contributed by atoms with van der Waals surface area (Å²) >= 11 is 0. The maximum atomic E-state index is 14.8. The highest BCUT2D eigenvalue weighted by Crippen LogP contribution is 2.64. The van der Waals surface area contributed by atoms with Crippen molar-refractivity contribution in [3.05, 3.63) is 42.0 Å². The minimum absolute atomic E-state index is 0.168. The minimum atomic E-state index is -8.68. The molecule has 0 heterocycles. The first kappa shape index (κ1) is 51.2. The number of aliphatic hydroxyl groups excluding tert-OH is 1. The maximum Gasteiger partial charge on any atom is 0.460 e. The summed E-state index contributed by atoms with van der Waals surface area (Å²) in [6, 6.07) is 4.48. The van der Waals surface area contributed by atoms with Gasteiger partial charge in [-0.1, -0.05) is 52.8 Å². The number of aliphatic hydroxyl groups is 1. The van der Waals surface area contributed by atoms with Crippen LogP contribution in [0.25, 0.3) is 0 Å². The molecule has 0 unspecified atom stereocenters. The Labute approximate surface area is 310 Å². The number of rotatable bonds is 22. The minimum Gasteiger partial charge on any atom is -0.491 e. The summed E-state index contributed by atoms with van der Waals surface area (Å²) in [5.74, 6) is -57.6. The van der Waals surface area contributed by atoms with Crippen LogP contribution in [0.4, 0.5) is 74.6 Å². The summed E-state index contributed by atoms with van der Waals surface area (Å²) in [4.78, 5) is 11.0. The van der Waals surface area contributed by atoms with Gasteiger partial charge in [0.1, 0.15) is 12.4 Å². The van der Waals surface area contributed by atoms with E-state index in [1.54, 1.807) is 6.92 Å². The van der Waals surface area contributed by atoms with E-state index in [2.05, 4.69) is 0 Å². The molecule has 2 atom stereocenters. The van der Waals surface area contributed by atoms with Crippen molar-refractivity contribution in [2.75, 3.05) is 13.2 Å². The number of carbonyl (C=O) groups excluding carboxylic acids is 1. The average Bonchev–Trinajstić information content (AvgIpc) is 3.08. The van der Waals surface area contributed by atoms with Gasteiger partial charge < -0.3 is 14.3 Å². The van der Waals surface area contributed by atoms with Gasteiger partial charge >= 0.3 is 47.6 Å². The van der Waals surface area contributed by atoms with E-state index in [4.69, 9.17) is 14.4 Å². The van der Waals surface area contributed by atoms with Gasteiger partial charge in [0.05, 0.1) is 12.7 Å². The molecule has 0 aromatic heterocycles. The third-order valence-corrected chi connectivity index (χ3v) is 14.9. The normalized spacial score (nSPS) is 15.8. The second kappa shape index (κ2) is 18.0. The Morgan fingerprint density at radius 2 is 1.16 bits per heavy atom. The van der Waals surface area contributed by atoms with E-state index in [1.165, 1.54) is 63.5 Å². The van der Waals surface area contributed by atoms with Crippen molar-refractivity contribution >= 4 is 14.2 Å². The number of hydroxylamine groups is 1. The van der Waals surface area contributed by atoms with E-state index in [9.17, 15) is 84.5 Å². The molecule has 0 aliphatic rings. The Morgan fingerprint density at radius 3 is 1.59 bits per heavy atom. The largest absolute Gasteiger partial charge is 0.491 e. The SMILES string of the molecule is CC(C)[Si](CCC(F)(F)C(F)(F)C(F)(F)C(F)(F)C(F)(F)C(F)(F)C(F)(F)C(F)(F)F)(OCCOc1ccc([C@@H](O)[C@@H](C)CC/C=C/C(=O)NO)cc1)C(C)C. The lowest BCUT2D eigenvalue weighted by atomic mass is 9.88. The number of carbonyl (C=O) groups is 1. The molecule has 1 amide bonds. The smallest absolute Gasteiger partial charge is 0.460 e. The molecule has 0 aliphatic heterocycles. The number of ether oxygens (including phenoxy) is 1. The van der Waals surface area contributed by atoms with Gasteiger partial charge in [-0.15, -0.1) is 0 Å². The number of halogens is 17. The highest BCUT2D eigenvalue weighted by molar-refractivity contribution is 6.76. The van der Waals surface area contributed by atoms with Crippen LogP contribution in [-0.4, -0.2) is 85.4 Å². The first-order valence-corrected chi connectivity index (χ1v) is 18.7. The summed E-state index contributed by atoms with van der Waals surface area (Å²) in [5.41, 5.74) is 0.151. The molecule has 1 aromatic rings. The van der Waals surface area contributed by atoms with Crippen molar-refractivity contribution in [1.82, 2.24) is 5.48 Å². The summed E-state index contributed by atoms with van der Waals surface area (Å²) in [6.45, 7) is 6.15. The van der Waals surface area contributed by atoms with Crippen LogP contribution in [-0.2, 0) is 9.22 Å². The lowest BCUT2D eigenvalue weighted by Crippen LogP contribution is -2.74. The molecular weight excluding hydrogens is 829 g/mol. The maximum absolute atomic E-state index is 14.8. The molecule has 0 bridgehead atoms. The molecule has 0 saturated carbocycles. The molecule has 1 aromatic carbocycles. The molecule has 6 nitrogen and oxygen atoms in total. The van der Waals surface area contributed by atoms with Gasteiger partial charge in [-0.3, -0.25) is 10.0 Å². The van der Waals surface area contributed by atoms with Gasteiger partial charge in [0.25, 0.3) is 5.91 Å². The molecular formula is C32H40F17NO5Si. The highest BCUT2D eigenvalue weighted by atomic mass is 28.4. The second-order valence-corrected chi connectivity index (χ2v) is 18.6. The predicted octanol–water partition coefficient (Wildman–Crippen LogP) is 10.8. The number of alkyl halides is 17. The highest BCUT2D eigenvalue weighted by Gasteiger charge is 2.95. The predicted molar refractivity (Wildman–Crippen MR) is 166 cm³/mol. The van der Waals surface area contributed by atoms with Crippen molar-refractivity contribution in [2.24, 2.45) is 5.92 Å². The molecule has 3 N–H and O–H groups in total. The lowest BCUT2D eigenvalue weighted by molar-refractivity contribution is -0.461. The molecule has 0 spiro atoms. The zero-order valence-corrected chi connectivity index (χ0v) is 31.1. The second-order valence-electron chi connectivity index (χ2n) is 13.6. The third-order valence-electron chi connectivity index (χ3n) is 9.22. The topological polar surface area (TPSA) is 88.0 Å². The van der Waals surface area contributed by atoms with E-state index in [1.807, 2.05) is 0 Å². The number of amides is 1. The standard InChI is InChI=1S/C32H40F17NO5Si/c1-18(2)56(19(3)4,55-16-15-54-22-12-10-21(11-13-22)24(52)20(5)8-6-7-9-23(51)50-53)17-14-25(33,34)26(35,36)27(37,38)28(39,40)29(41,42)30(43,44)31(45,46)32(47,48)49/h7,9-13,18-20,24,52-53H,6,8,14-17H2,1-5H3,(H,50,51)/b9-7+/t20-,24-/m0/s1. The number of benzene rings is 1. The molecule has 24 heteroatoms. The molecule has 56 heavy (non-hydrogen) atoms. The van der Waals surface area contributed by atoms with Gasteiger partial charge in [-0.05, 0) is 53.6 Å². The van der Waals surface area contributed by atoms with Crippen molar-refractivity contribution in [3.8, 4) is 5.75 Å². The van der Waals surface area contributed by atoms with Crippen molar-refractivity contribution in [3.63, 3.8) is 0 Å². The van der Waals surface area contributed by atoms with E-state index in [0.717, 1.165) is 6.08 Å². The molecule has 0 aliphatic carbocycles. The van der Waals surface area contributed by atoms with Crippen LogP contribution >= 0.6 is 0 Å². The van der Waals surface area contributed by atoms with E-state index in [0.29, 0.717) is 18.4 Å². The van der Waals surface area contributed by atoms with Crippen LogP contribution in [0.5, 0.6) is 5.75 Å². The zero-order valence-electron chi connectivity index (χ0n) is 30.1.